The first-order chi connectivity index (χ1) is 5.56. The van der Waals surface area contributed by atoms with E-state index in [4.69, 9.17) is 20.1 Å². The minimum atomic E-state index is -1.45. The van der Waals surface area contributed by atoms with E-state index >= 15 is 0 Å². The molecule has 0 unspecified atom stereocenters. The van der Waals surface area contributed by atoms with Gasteiger partial charge in [-0.05, 0) is 30.6 Å². The van der Waals surface area contributed by atoms with Gasteiger partial charge in [0.05, 0.1) is 0 Å². The molecule has 0 spiro atoms. The van der Waals surface area contributed by atoms with Gasteiger partial charge in [-0.15, -0.1) is 0 Å². The summed E-state index contributed by atoms with van der Waals surface area (Å²) in [6.45, 7) is -0.0192. The van der Waals surface area contributed by atoms with Crippen molar-refractivity contribution < 1.29 is 2.74 Å². The molecular formula is C8H10ClN. The molecule has 0 radical (unpaired) electrons. The molecule has 2 N–H and O–H groups in total. The number of hydrogen-bond acceptors (Lipinski definition) is 1. The van der Waals surface area contributed by atoms with E-state index in [2.05, 4.69) is 0 Å². The third-order valence-electron chi connectivity index (χ3n) is 1.15. The Kier molecular flexibility index (Phi) is 1.86. The van der Waals surface area contributed by atoms with Gasteiger partial charge < -0.3 is 5.73 Å². The molecule has 0 saturated heterocycles. The van der Waals surface area contributed by atoms with Crippen LogP contribution in [0.15, 0.2) is 24.3 Å². The molecular weight excluding hydrogens is 146 g/mol. The van der Waals surface area contributed by atoms with Crippen LogP contribution < -0.4 is 5.73 Å². The van der Waals surface area contributed by atoms with E-state index in [-0.39, 0.29) is 6.54 Å². The van der Waals surface area contributed by atoms with E-state index in [0.717, 1.165) is 0 Å². The van der Waals surface area contributed by atoms with Gasteiger partial charge >= 0.3 is 0 Å². The standard InChI is InChI=1S/C8H10ClN/c9-8-3-1-7(2-4-8)5-6-10/h1-4H,5-6,10H2/i5D2. The molecule has 2 heteroatoms. The van der Waals surface area contributed by atoms with Crippen LogP contribution in [0.2, 0.25) is 5.02 Å². The Balaban J connectivity index is 2.96. The van der Waals surface area contributed by atoms with Crippen molar-refractivity contribution in [1.82, 2.24) is 0 Å². The third kappa shape index (κ3) is 2.01. The molecule has 0 fully saturated rings. The van der Waals surface area contributed by atoms with Crippen LogP contribution in [-0.2, 0) is 6.37 Å². The fourth-order valence-corrected chi connectivity index (χ4v) is 0.812. The first kappa shape index (κ1) is 5.16. The summed E-state index contributed by atoms with van der Waals surface area (Å²) in [6.07, 6.45) is -1.45. The second-order valence-electron chi connectivity index (χ2n) is 1.89. The zero-order valence-electron chi connectivity index (χ0n) is 7.47. The van der Waals surface area contributed by atoms with Crippen LogP contribution in [0.5, 0.6) is 0 Å². The van der Waals surface area contributed by atoms with Gasteiger partial charge in [0.2, 0.25) is 0 Å². The molecule has 0 atom stereocenters. The average molecular weight is 158 g/mol. The number of rotatable bonds is 2. The Labute approximate surface area is 68.6 Å². The van der Waals surface area contributed by atoms with Crippen molar-refractivity contribution in [2.75, 3.05) is 6.54 Å². The molecule has 1 aromatic carbocycles. The van der Waals surface area contributed by atoms with Crippen molar-refractivity contribution in [3.8, 4) is 0 Å². The summed E-state index contributed by atoms with van der Waals surface area (Å²) in [5, 5.41) is 0.603. The van der Waals surface area contributed by atoms with Crippen molar-refractivity contribution in [3.05, 3.63) is 34.9 Å². The van der Waals surface area contributed by atoms with Gasteiger partial charge in [0, 0.05) is 7.76 Å². The maximum Gasteiger partial charge on any atom is 0.0406 e. The van der Waals surface area contributed by atoms with Crippen LogP contribution in [0.4, 0.5) is 0 Å². The molecule has 1 rings (SSSR count). The normalized spacial score (nSPS) is 14.2. The summed E-state index contributed by atoms with van der Waals surface area (Å²) < 4.78 is 15.0. The number of benzene rings is 1. The predicted octanol–water partition coefficient (Wildman–Crippen LogP) is 1.84. The molecule has 1 aromatic rings. The quantitative estimate of drug-likeness (QED) is 0.697. The molecule has 0 heterocycles. The summed E-state index contributed by atoms with van der Waals surface area (Å²) in [5.74, 6) is 0. The summed E-state index contributed by atoms with van der Waals surface area (Å²) in [7, 11) is 0. The van der Waals surface area contributed by atoms with Crippen LogP contribution in [0, 0.1) is 0 Å². The number of hydrogen-bond donors (Lipinski definition) is 1. The lowest BCUT2D eigenvalue weighted by Crippen LogP contribution is -2.01. The third-order valence-corrected chi connectivity index (χ3v) is 1.40. The smallest absolute Gasteiger partial charge is 0.0406 e. The van der Waals surface area contributed by atoms with Crippen molar-refractivity contribution in [1.29, 1.82) is 0 Å². The largest absolute Gasteiger partial charge is 0.330 e. The maximum atomic E-state index is 7.48. The Hall–Kier alpha value is -0.530. The van der Waals surface area contributed by atoms with Gasteiger partial charge in [-0.2, -0.15) is 0 Å². The Bertz CT molecular complexity index is 258. The molecule has 10 heavy (non-hydrogen) atoms. The van der Waals surface area contributed by atoms with Gasteiger partial charge in [-0.25, -0.2) is 0 Å². The monoisotopic (exact) mass is 157 g/mol. The zero-order valence-corrected chi connectivity index (χ0v) is 6.23. The molecule has 0 saturated carbocycles. The molecule has 0 aliphatic carbocycles. The molecule has 0 aromatic heterocycles. The summed E-state index contributed by atoms with van der Waals surface area (Å²) in [6, 6.07) is 6.61. The molecule has 0 aliphatic rings. The number of nitrogens with two attached hydrogens (primary N) is 1. The highest BCUT2D eigenvalue weighted by Gasteiger charge is 1.89. The SMILES string of the molecule is [2H]C([2H])(CN)c1ccc(Cl)cc1. The molecule has 54 valence electrons. The zero-order chi connectivity index (χ0) is 9.19. The molecule has 1 nitrogen and oxygen atoms in total. The Morgan fingerprint density at radius 1 is 1.40 bits per heavy atom. The first-order valence-corrected chi connectivity index (χ1v) is 3.40. The molecule has 0 aliphatic heterocycles. The second kappa shape index (κ2) is 3.59. The van der Waals surface area contributed by atoms with Crippen LogP contribution in [-0.4, -0.2) is 6.54 Å². The van der Waals surface area contributed by atoms with E-state index in [9.17, 15) is 0 Å². The molecule has 0 amide bonds. The lowest BCUT2D eigenvalue weighted by Gasteiger charge is -1.96. The average Bonchev–Trinajstić information content (AvgIpc) is 2.05. The highest BCUT2D eigenvalue weighted by Crippen LogP contribution is 2.09. The lowest BCUT2D eigenvalue weighted by atomic mass is 10.2. The maximum absolute atomic E-state index is 7.48. The minimum Gasteiger partial charge on any atom is -0.330 e. The van der Waals surface area contributed by atoms with Crippen molar-refractivity contribution in [3.63, 3.8) is 0 Å². The molecule has 0 bridgehead atoms. The topological polar surface area (TPSA) is 26.0 Å². The highest BCUT2D eigenvalue weighted by molar-refractivity contribution is 6.30. The van der Waals surface area contributed by atoms with Crippen molar-refractivity contribution in [2.24, 2.45) is 5.73 Å². The van der Waals surface area contributed by atoms with Crippen molar-refractivity contribution >= 4 is 11.6 Å². The van der Waals surface area contributed by atoms with Gasteiger partial charge in [0.15, 0.2) is 0 Å². The fraction of sp³-hybridized carbons (Fsp3) is 0.250. The van der Waals surface area contributed by atoms with Crippen LogP contribution in [0.1, 0.15) is 8.30 Å². The summed E-state index contributed by atoms with van der Waals surface area (Å²) in [5.41, 5.74) is 5.83. The first-order valence-electron chi connectivity index (χ1n) is 4.02. The van der Waals surface area contributed by atoms with E-state index < -0.39 is 6.37 Å². The Morgan fingerprint density at radius 2 is 2.00 bits per heavy atom. The summed E-state index contributed by atoms with van der Waals surface area (Å²) >= 11 is 5.65. The second-order valence-corrected chi connectivity index (χ2v) is 2.32. The van der Waals surface area contributed by atoms with Gasteiger partial charge in [-0.1, -0.05) is 23.7 Å². The number of halogens is 1. The van der Waals surface area contributed by atoms with E-state index in [1.54, 1.807) is 24.3 Å². The van der Waals surface area contributed by atoms with E-state index in [1.165, 1.54) is 0 Å². The van der Waals surface area contributed by atoms with E-state index in [1.807, 2.05) is 0 Å². The van der Waals surface area contributed by atoms with Crippen LogP contribution in [0.3, 0.4) is 0 Å². The summed E-state index contributed by atoms with van der Waals surface area (Å²) in [4.78, 5) is 0. The fourth-order valence-electron chi connectivity index (χ4n) is 0.686. The van der Waals surface area contributed by atoms with Gasteiger partial charge in [0.1, 0.15) is 0 Å². The lowest BCUT2D eigenvalue weighted by molar-refractivity contribution is 0.969. The predicted molar refractivity (Wildman–Crippen MR) is 44.2 cm³/mol. The Morgan fingerprint density at radius 3 is 2.50 bits per heavy atom. The van der Waals surface area contributed by atoms with Crippen molar-refractivity contribution in [2.45, 2.75) is 6.37 Å². The van der Waals surface area contributed by atoms with Gasteiger partial charge in [0.25, 0.3) is 0 Å². The van der Waals surface area contributed by atoms with Crippen LogP contribution in [0.25, 0.3) is 0 Å². The minimum absolute atomic E-state index is 0.0192. The van der Waals surface area contributed by atoms with Crippen LogP contribution >= 0.6 is 11.6 Å². The van der Waals surface area contributed by atoms with Gasteiger partial charge in [-0.3, -0.25) is 0 Å². The highest BCUT2D eigenvalue weighted by atomic mass is 35.5. The van der Waals surface area contributed by atoms with E-state index in [0.29, 0.717) is 10.6 Å².